The second-order valence-electron chi connectivity index (χ2n) is 4.79. The van der Waals surface area contributed by atoms with E-state index in [1.807, 2.05) is 36.9 Å². The van der Waals surface area contributed by atoms with Crippen LogP contribution in [0.25, 0.3) is 11.0 Å². The highest BCUT2D eigenvalue weighted by molar-refractivity contribution is 7.99. The fourth-order valence-corrected chi connectivity index (χ4v) is 3.01. The van der Waals surface area contributed by atoms with Crippen LogP contribution in [0.15, 0.2) is 33.5 Å². The zero-order valence-corrected chi connectivity index (χ0v) is 12.1. The maximum Gasteiger partial charge on any atom is 0.336 e. The zero-order valence-electron chi connectivity index (χ0n) is 11.3. The van der Waals surface area contributed by atoms with Gasteiger partial charge in [0.2, 0.25) is 0 Å². The van der Waals surface area contributed by atoms with Crippen LogP contribution >= 0.6 is 11.8 Å². The van der Waals surface area contributed by atoms with E-state index in [4.69, 9.17) is 10.2 Å². The number of fused-ring (bicyclic) bond motifs is 1. The van der Waals surface area contributed by atoms with Crippen LogP contribution in [0.5, 0.6) is 0 Å². The molecule has 0 aliphatic heterocycles. The highest BCUT2D eigenvalue weighted by atomic mass is 32.2. The average Bonchev–Trinajstić information content (AvgIpc) is 2.35. The molecular formula is C15H19NO2S. The van der Waals surface area contributed by atoms with Crippen LogP contribution in [0, 0.1) is 6.92 Å². The lowest BCUT2D eigenvalue weighted by Gasteiger charge is -2.10. The monoisotopic (exact) mass is 277 g/mol. The van der Waals surface area contributed by atoms with Crippen LogP contribution < -0.4 is 11.4 Å². The van der Waals surface area contributed by atoms with Gasteiger partial charge < -0.3 is 10.2 Å². The standard InChI is InChI=1S/C15H19NO2S/c1-10-3-4-13-12(9-19-11(2)5-6-16)8-15(17)18-14(13)7-10/h3-4,7-8,11H,5-6,9,16H2,1-2H3. The van der Waals surface area contributed by atoms with Crippen molar-refractivity contribution in [3.05, 3.63) is 45.8 Å². The molecular weight excluding hydrogens is 258 g/mol. The van der Waals surface area contributed by atoms with Gasteiger partial charge in [0.25, 0.3) is 0 Å². The molecule has 0 saturated heterocycles. The van der Waals surface area contributed by atoms with Gasteiger partial charge in [-0.15, -0.1) is 0 Å². The SMILES string of the molecule is Cc1ccc2c(CSC(C)CCN)cc(=O)oc2c1. The van der Waals surface area contributed by atoms with Crippen molar-refractivity contribution >= 4 is 22.7 Å². The van der Waals surface area contributed by atoms with Crippen molar-refractivity contribution in [1.29, 1.82) is 0 Å². The van der Waals surface area contributed by atoms with Crippen molar-refractivity contribution in [2.45, 2.75) is 31.3 Å². The number of aryl methyl sites for hydroxylation is 1. The van der Waals surface area contributed by atoms with Gasteiger partial charge in [0.15, 0.2) is 0 Å². The van der Waals surface area contributed by atoms with Gasteiger partial charge in [0.1, 0.15) is 5.58 Å². The Morgan fingerprint density at radius 3 is 2.89 bits per heavy atom. The van der Waals surface area contributed by atoms with Gasteiger partial charge in [0, 0.05) is 22.5 Å². The highest BCUT2D eigenvalue weighted by Crippen LogP contribution is 2.25. The van der Waals surface area contributed by atoms with Crippen molar-refractivity contribution < 1.29 is 4.42 Å². The van der Waals surface area contributed by atoms with Crippen LogP contribution in [0.1, 0.15) is 24.5 Å². The van der Waals surface area contributed by atoms with Crippen molar-refractivity contribution in [2.24, 2.45) is 5.73 Å². The molecule has 19 heavy (non-hydrogen) atoms. The third kappa shape index (κ3) is 3.61. The van der Waals surface area contributed by atoms with Crippen molar-refractivity contribution in [3.8, 4) is 0 Å². The molecule has 1 atom stereocenters. The third-order valence-corrected chi connectivity index (χ3v) is 4.36. The summed E-state index contributed by atoms with van der Waals surface area (Å²) in [5, 5.41) is 1.52. The van der Waals surface area contributed by atoms with Crippen LogP contribution in [-0.4, -0.2) is 11.8 Å². The smallest absolute Gasteiger partial charge is 0.336 e. The minimum atomic E-state index is -0.278. The Labute approximate surface area is 117 Å². The topological polar surface area (TPSA) is 56.2 Å². The molecule has 1 aromatic heterocycles. The number of benzene rings is 1. The fraction of sp³-hybridized carbons (Fsp3) is 0.400. The van der Waals surface area contributed by atoms with Crippen molar-refractivity contribution in [2.75, 3.05) is 6.54 Å². The number of hydrogen-bond donors (Lipinski definition) is 1. The maximum absolute atomic E-state index is 11.6. The molecule has 0 fully saturated rings. The summed E-state index contributed by atoms with van der Waals surface area (Å²) in [5.74, 6) is 0.812. The molecule has 2 rings (SSSR count). The highest BCUT2D eigenvalue weighted by Gasteiger charge is 2.08. The maximum atomic E-state index is 11.6. The summed E-state index contributed by atoms with van der Waals surface area (Å²) in [5.41, 5.74) is 8.09. The van der Waals surface area contributed by atoms with Crippen molar-refractivity contribution in [3.63, 3.8) is 0 Å². The Hall–Kier alpha value is -1.26. The Morgan fingerprint density at radius 1 is 1.37 bits per heavy atom. The second-order valence-corrected chi connectivity index (χ2v) is 6.22. The van der Waals surface area contributed by atoms with E-state index in [1.165, 1.54) is 0 Å². The first-order chi connectivity index (χ1) is 9.10. The molecule has 0 bridgehead atoms. The summed E-state index contributed by atoms with van der Waals surface area (Å²) in [7, 11) is 0. The molecule has 4 heteroatoms. The molecule has 1 unspecified atom stereocenters. The summed E-state index contributed by atoms with van der Waals surface area (Å²) in [6.07, 6.45) is 0.989. The first kappa shape index (κ1) is 14.2. The molecule has 0 radical (unpaired) electrons. The van der Waals surface area contributed by atoms with Gasteiger partial charge in [-0.25, -0.2) is 4.79 Å². The Bertz CT molecular complexity index is 621. The summed E-state index contributed by atoms with van der Waals surface area (Å²) < 4.78 is 5.25. The van der Waals surface area contributed by atoms with Gasteiger partial charge in [0.05, 0.1) is 0 Å². The van der Waals surface area contributed by atoms with E-state index in [-0.39, 0.29) is 5.63 Å². The zero-order chi connectivity index (χ0) is 13.8. The second kappa shape index (κ2) is 6.26. The first-order valence-corrected chi connectivity index (χ1v) is 7.50. The van der Waals surface area contributed by atoms with E-state index in [1.54, 1.807) is 6.07 Å². The van der Waals surface area contributed by atoms with Gasteiger partial charge in [-0.1, -0.05) is 19.1 Å². The number of thioether (sulfide) groups is 1. The average molecular weight is 277 g/mol. The molecule has 0 amide bonds. The van der Waals surface area contributed by atoms with Crippen LogP contribution in [0.3, 0.4) is 0 Å². The number of hydrogen-bond acceptors (Lipinski definition) is 4. The summed E-state index contributed by atoms with van der Waals surface area (Å²) >= 11 is 1.82. The molecule has 1 aromatic carbocycles. The predicted molar refractivity (Wildman–Crippen MR) is 81.6 cm³/mol. The lowest BCUT2D eigenvalue weighted by atomic mass is 10.1. The van der Waals surface area contributed by atoms with Crippen LogP contribution in [0.4, 0.5) is 0 Å². The van der Waals surface area contributed by atoms with Gasteiger partial charge in [-0.3, -0.25) is 0 Å². The normalized spacial score (nSPS) is 12.8. The molecule has 3 nitrogen and oxygen atoms in total. The molecule has 2 N–H and O–H groups in total. The fourth-order valence-electron chi connectivity index (χ4n) is 2.01. The molecule has 0 aliphatic rings. The lowest BCUT2D eigenvalue weighted by molar-refractivity contribution is 0.559. The van der Waals surface area contributed by atoms with E-state index in [9.17, 15) is 4.79 Å². The molecule has 102 valence electrons. The third-order valence-electron chi connectivity index (χ3n) is 3.08. The number of nitrogens with two attached hydrogens (primary N) is 1. The molecule has 0 saturated carbocycles. The van der Waals surface area contributed by atoms with Gasteiger partial charge in [-0.05, 0) is 37.1 Å². The van der Waals surface area contributed by atoms with E-state index in [0.29, 0.717) is 17.4 Å². The first-order valence-electron chi connectivity index (χ1n) is 6.45. The Kier molecular flexibility index (Phi) is 4.66. The minimum Gasteiger partial charge on any atom is -0.423 e. The van der Waals surface area contributed by atoms with Crippen molar-refractivity contribution in [1.82, 2.24) is 0 Å². The summed E-state index contributed by atoms with van der Waals surface area (Å²) in [6.45, 7) is 4.85. The van der Waals surface area contributed by atoms with E-state index < -0.39 is 0 Å². The van der Waals surface area contributed by atoms with Gasteiger partial charge >= 0.3 is 5.63 Å². The Balaban J connectivity index is 2.29. The largest absolute Gasteiger partial charge is 0.423 e. The molecule has 0 aliphatic carbocycles. The predicted octanol–water partition coefficient (Wildman–Crippen LogP) is 3.07. The molecule has 1 heterocycles. The quantitative estimate of drug-likeness (QED) is 0.853. The molecule has 0 spiro atoms. The Morgan fingerprint density at radius 2 is 2.16 bits per heavy atom. The van der Waals surface area contributed by atoms with Crippen LogP contribution in [-0.2, 0) is 5.75 Å². The summed E-state index contributed by atoms with van der Waals surface area (Å²) in [4.78, 5) is 11.6. The molecule has 2 aromatic rings. The van der Waals surface area contributed by atoms with E-state index >= 15 is 0 Å². The van der Waals surface area contributed by atoms with E-state index in [2.05, 4.69) is 6.92 Å². The summed E-state index contributed by atoms with van der Waals surface area (Å²) in [6, 6.07) is 7.57. The van der Waals surface area contributed by atoms with E-state index in [0.717, 1.165) is 28.7 Å². The number of rotatable bonds is 5. The van der Waals surface area contributed by atoms with Gasteiger partial charge in [-0.2, -0.15) is 11.8 Å². The lowest BCUT2D eigenvalue weighted by Crippen LogP contribution is -2.08. The van der Waals surface area contributed by atoms with Crippen LogP contribution in [0.2, 0.25) is 0 Å². The minimum absolute atomic E-state index is 0.278.